The van der Waals surface area contributed by atoms with E-state index >= 15 is 0 Å². The van der Waals surface area contributed by atoms with Gasteiger partial charge in [0.2, 0.25) is 0 Å². The Morgan fingerprint density at radius 1 is 1.10 bits per heavy atom. The van der Waals surface area contributed by atoms with Crippen molar-refractivity contribution in [2.24, 2.45) is 5.73 Å². The lowest BCUT2D eigenvalue weighted by atomic mass is 10.1. The Morgan fingerprint density at radius 2 is 1.80 bits per heavy atom. The highest BCUT2D eigenvalue weighted by atomic mass is 32.2. The molecule has 0 saturated heterocycles. The van der Waals surface area contributed by atoms with E-state index < -0.39 is 11.7 Å². The average Bonchev–Trinajstić information content (AvgIpc) is 2.41. The number of pyridine rings is 1. The van der Waals surface area contributed by atoms with Crippen molar-refractivity contribution in [1.29, 1.82) is 0 Å². The zero-order valence-corrected chi connectivity index (χ0v) is 11.3. The van der Waals surface area contributed by atoms with Gasteiger partial charge in [0.15, 0.2) is 0 Å². The summed E-state index contributed by atoms with van der Waals surface area (Å²) in [6, 6.07) is 7.72. The molecule has 0 saturated carbocycles. The first-order chi connectivity index (χ1) is 9.50. The van der Waals surface area contributed by atoms with Crippen molar-refractivity contribution in [3.8, 4) is 0 Å². The van der Waals surface area contributed by atoms with E-state index in [0.29, 0.717) is 18.5 Å². The van der Waals surface area contributed by atoms with Gasteiger partial charge in [0.05, 0.1) is 5.56 Å². The van der Waals surface area contributed by atoms with E-state index in [2.05, 4.69) is 4.98 Å². The van der Waals surface area contributed by atoms with Crippen molar-refractivity contribution >= 4 is 11.8 Å². The molecule has 0 aliphatic heterocycles. The van der Waals surface area contributed by atoms with Gasteiger partial charge in [-0.1, -0.05) is 17.8 Å². The Balaban J connectivity index is 2.37. The van der Waals surface area contributed by atoms with Crippen LogP contribution < -0.4 is 5.73 Å². The molecule has 20 heavy (non-hydrogen) atoms. The van der Waals surface area contributed by atoms with E-state index in [1.54, 1.807) is 30.6 Å². The molecule has 0 aliphatic rings. The number of rotatable bonds is 4. The molecular weight excluding hydrogens is 285 g/mol. The maximum atomic E-state index is 13.1. The van der Waals surface area contributed by atoms with E-state index in [1.165, 1.54) is 12.1 Å². The first-order valence-electron chi connectivity index (χ1n) is 5.99. The summed E-state index contributed by atoms with van der Waals surface area (Å²) >= 11 is 1.08. The summed E-state index contributed by atoms with van der Waals surface area (Å²) in [6.45, 7) is 0.328. The van der Waals surface area contributed by atoms with Crippen molar-refractivity contribution in [2.45, 2.75) is 22.4 Å². The number of aromatic nitrogens is 1. The van der Waals surface area contributed by atoms with Crippen LogP contribution in [-0.2, 0) is 12.6 Å². The van der Waals surface area contributed by atoms with Gasteiger partial charge in [0, 0.05) is 22.2 Å². The number of hydrogen-bond acceptors (Lipinski definition) is 3. The topological polar surface area (TPSA) is 38.9 Å². The van der Waals surface area contributed by atoms with E-state index in [9.17, 15) is 13.2 Å². The number of nitrogens with two attached hydrogens (primary N) is 1. The molecule has 106 valence electrons. The molecule has 0 atom stereocenters. The second-order valence-corrected chi connectivity index (χ2v) is 5.27. The maximum absolute atomic E-state index is 13.1. The fourth-order valence-corrected chi connectivity index (χ4v) is 2.68. The zero-order chi connectivity index (χ0) is 14.6. The highest BCUT2D eigenvalue weighted by Crippen LogP contribution is 2.39. The molecule has 2 aromatic rings. The van der Waals surface area contributed by atoms with Crippen LogP contribution in [0, 0.1) is 0 Å². The number of benzene rings is 1. The van der Waals surface area contributed by atoms with Gasteiger partial charge in [-0.3, -0.25) is 4.98 Å². The van der Waals surface area contributed by atoms with Crippen LogP contribution in [0.2, 0.25) is 0 Å². The molecule has 2 nitrogen and oxygen atoms in total. The summed E-state index contributed by atoms with van der Waals surface area (Å²) in [5.74, 6) is 0. The SMILES string of the molecule is NCCc1ccc(Sc2ccncc2)c(C(F)(F)F)c1. The minimum absolute atomic E-state index is 0.185. The van der Waals surface area contributed by atoms with Gasteiger partial charge in [0.1, 0.15) is 0 Å². The Hall–Kier alpha value is -1.53. The van der Waals surface area contributed by atoms with Crippen LogP contribution in [-0.4, -0.2) is 11.5 Å². The van der Waals surface area contributed by atoms with Gasteiger partial charge < -0.3 is 5.73 Å². The lowest BCUT2D eigenvalue weighted by Crippen LogP contribution is -2.09. The van der Waals surface area contributed by atoms with Gasteiger partial charge in [-0.15, -0.1) is 0 Å². The van der Waals surface area contributed by atoms with Crippen LogP contribution in [0.4, 0.5) is 13.2 Å². The number of nitrogens with zero attached hydrogens (tertiary/aromatic N) is 1. The predicted molar refractivity (Wildman–Crippen MR) is 72.6 cm³/mol. The average molecular weight is 298 g/mol. The summed E-state index contributed by atoms with van der Waals surface area (Å²) in [4.78, 5) is 4.75. The zero-order valence-electron chi connectivity index (χ0n) is 10.5. The smallest absolute Gasteiger partial charge is 0.330 e. The van der Waals surface area contributed by atoms with E-state index in [1.807, 2.05) is 0 Å². The highest BCUT2D eigenvalue weighted by molar-refractivity contribution is 7.99. The van der Waals surface area contributed by atoms with Gasteiger partial charge >= 0.3 is 6.18 Å². The van der Waals surface area contributed by atoms with Gasteiger partial charge in [0.25, 0.3) is 0 Å². The Labute approximate surface area is 119 Å². The van der Waals surface area contributed by atoms with Gasteiger partial charge in [-0.2, -0.15) is 13.2 Å². The Kier molecular flexibility index (Phi) is 4.67. The third-order valence-electron chi connectivity index (χ3n) is 2.66. The molecular formula is C14H13F3N2S. The Bertz CT molecular complexity index is 570. The highest BCUT2D eigenvalue weighted by Gasteiger charge is 2.33. The summed E-state index contributed by atoms with van der Waals surface area (Å²) in [5.41, 5.74) is 5.36. The molecule has 0 spiro atoms. The van der Waals surface area contributed by atoms with Crippen LogP contribution in [0.25, 0.3) is 0 Å². The second kappa shape index (κ2) is 6.28. The third kappa shape index (κ3) is 3.74. The molecule has 2 N–H and O–H groups in total. The molecule has 0 bridgehead atoms. The van der Waals surface area contributed by atoms with Gasteiger partial charge in [-0.25, -0.2) is 0 Å². The fourth-order valence-electron chi connectivity index (χ4n) is 1.74. The molecule has 0 radical (unpaired) electrons. The van der Waals surface area contributed by atoms with Crippen LogP contribution >= 0.6 is 11.8 Å². The normalized spacial score (nSPS) is 11.6. The molecule has 0 amide bonds. The van der Waals surface area contributed by atoms with Crippen molar-refractivity contribution in [2.75, 3.05) is 6.54 Å². The van der Waals surface area contributed by atoms with Crippen LogP contribution in [0.1, 0.15) is 11.1 Å². The van der Waals surface area contributed by atoms with Crippen LogP contribution in [0.15, 0.2) is 52.5 Å². The number of halogens is 3. The largest absolute Gasteiger partial charge is 0.417 e. The predicted octanol–water partition coefficient (Wildman–Crippen LogP) is 3.75. The summed E-state index contributed by atoms with van der Waals surface area (Å²) in [5, 5.41) is 0. The first-order valence-corrected chi connectivity index (χ1v) is 6.80. The third-order valence-corrected chi connectivity index (χ3v) is 3.74. The van der Waals surface area contributed by atoms with Crippen molar-refractivity contribution in [1.82, 2.24) is 4.98 Å². The lowest BCUT2D eigenvalue weighted by molar-refractivity contribution is -0.139. The number of alkyl halides is 3. The molecule has 1 heterocycles. The van der Waals surface area contributed by atoms with Crippen molar-refractivity contribution in [3.05, 3.63) is 53.9 Å². The molecule has 1 aromatic heterocycles. The van der Waals surface area contributed by atoms with E-state index in [-0.39, 0.29) is 4.90 Å². The molecule has 0 fully saturated rings. The van der Waals surface area contributed by atoms with Gasteiger partial charge in [-0.05, 0) is 42.8 Å². The summed E-state index contributed by atoms with van der Waals surface area (Å²) < 4.78 is 39.3. The molecule has 2 rings (SSSR count). The monoisotopic (exact) mass is 298 g/mol. The maximum Gasteiger partial charge on any atom is 0.417 e. The van der Waals surface area contributed by atoms with Crippen LogP contribution in [0.5, 0.6) is 0 Å². The fraction of sp³-hybridized carbons (Fsp3) is 0.214. The minimum Gasteiger partial charge on any atom is -0.330 e. The molecule has 6 heteroatoms. The minimum atomic E-state index is -4.38. The molecule has 0 unspecified atom stereocenters. The van der Waals surface area contributed by atoms with Crippen molar-refractivity contribution in [3.63, 3.8) is 0 Å². The molecule has 1 aromatic carbocycles. The summed E-state index contributed by atoms with van der Waals surface area (Å²) in [7, 11) is 0. The quantitative estimate of drug-likeness (QED) is 0.934. The van der Waals surface area contributed by atoms with E-state index in [4.69, 9.17) is 5.73 Å². The molecule has 0 aliphatic carbocycles. The second-order valence-electron chi connectivity index (χ2n) is 4.15. The van der Waals surface area contributed by atoms with Crippen molar-refractivity contribution < 1.29 is 13.2 Å². The first kappa shape index (κ1) is 14.9. The Morgan fingerprint density at radius 3 is 2.40 bits per heavy atom. The summed E-state index contributed by atoms with van der Waals surface area (Å²) in [6.07, 6.45) is -0.833. The number of hydrogen-bond donors (Lipinski definition) is 1. The standard InChI is InChI=1S/C14H13F3N2S/c15-14(16,17)12-9-10(3-6-18)1-2-13(12)20-11-4-7-19-8-5-11/h1-2,4-5,7-9H,3,6,18H2. The van der Waals surface area contributed by atoms with E-state index in [0.717, 1.165) is 16.7 Å². The van der Waals surface area contributed by atoms with Crippen LogP contribution in [0.3, 0.4) is 0 Å². The lowest BCUT2D eigenvalue weighted by Gasteiger charge is -2.14.